The molecular weight excluding hydrogens is 188 g/mol. The van der Waals surface area contributed by atoms with Crippen LogP contribution in [0.25, 0.3) is 11.1 Å². The highest BCUT2D eigenvalue weighted by Crippen LogP contribution is 2.30. The molecule has 0 fully saturated rings. The van der Waals surface area contributed by atoms with Crippen molar-refractivity contribution in [1.82, 2.24) is 5.43 Å². The Labute approximate surface area is 88.2 Å². The summed E-state index contributed by atoms with van der Waals surface area (Å²) in [7, 11) is 0. The number of hydrogen-bond donors (Lipinski definition) is 2. The monoisotopic (exact) mass is 200 g/mol. The lowest BCUT2D eigenvalue weighted by Crippen LogP contribution is -2.29. The number of hydrogen-bond acceptors (Lipinski definition) is 2. The lowest BCUT2D eigenvalue weighted by atomic mass is 10.1. The van der Waals surface area contributed by atoms with Crippen molar-refractivity contribution in [2.24, 2.45) is 5.84 Å². The number of nitrogens with one attached hydrogen (secondary N) is 1. The van der Waals surface area contributed by atoms with Gasteiger partial charge in [-0.15, -0.1) is 0 Å². The summed E-state index contributed by atoms with van der Waals surface area (Å²) in [5, 5.41) is 0. The van der Waals surface area contributed by atoms with Crippen LogP contribution >= 0.6 is 0 Å². The second kappa shape index (κ2) is 3.71. The number of hydrazine groups is 1. The van der Waals surface area contributed by atoms with E-state index in [1.165, 1.54) is 0 Å². The number of nitrogen functional groups attached to an aromatic ring is 1. The summed E-state index contributed by atoms with van der Waals surface area (Å²) >= 11 is 0. The van der Waals surface area contributed by atoms with Crippen LogP contribution in [0, 0.1) is 6.92 Å². The average molecular weight is 200 g/mol. The lowest BCUT2D eigenvalue weighted by molar-refractivity contribution is 0.0954. The minimum absolute atomic E-state index is 0.251. The number of amides is 1. The Morgan fingerprint density at radius 1 is 1.20 bits per heavy atom. The third-order valence-electron chi connectivity index (χ3n) is 2.49. The van der Waals surface area contributed by atoms with Gasteiger partial charge in [0.25, 0.3) is 5.91 Å². The van der Waals surface area contributed by atoms with Crippen molar-refractivity contribution in [3.05, 3.63) is 47.5 Å². The van der Waals surface area contributed by atoms with Crippen molar-refractivity contribution in [3.63, 3.8) is 0 Å². The first kappa shape index (κ1) is 9.68. The van der Waals surface area contributed by atoms with E-state index < -0.39 is 0 Å². The fourth-order valence-electron chi connectivity index (χ4n) is 1.76. The van der Waals surface area contributed by atoms with Gasteiger partial charge in [0, 0.05) is 5.56 Å². The van der Waals surface area contributed by atoms with Crippen LogP contribution in [-0.2, 0) is 0 Å². The fourth-order valence-corrected chi connectivity index (χ4v) is 1.76. The number of aryl methyl sites for hydroxylation is 1. The average Bonchev–Trinajstić information content (AvgIpc) is 2.45. The molecule has 76 valence electrons. The van der Waals surface area contributed by atoms with E-state index in [0.717, 1.165) is 16.7 Å². The molecule has 0 radical (unpaired) electrons. The van der Waals surface area contributed by atoms with E-state index in [1.807, 2.05) is 43.3 Å². The number of rotatable bonds is 1. The maximum Gasteiger partial charge on any atom is 0.265 e. The zero-order chi connectivity index (χ0) is 10.8. The molecule has 15 heavy (non-hydrogen) atoms. The Bertz CT molecular complexity index is 479. The van der Waals surface area contributed by atoms with Gasteiger partial charge in [0.05, 0.1) is 0 Å². The van der Waals surface area contributed by atoms with Crippen LogP contribution in [0.15, 0.2) is 36.4 Å². The first-order valence-electron chi connectivity index (χ1n) is 4.73. The van der Waals surface area contributed by atoms with Crippen LogP contribution in [0.5, 0.6) is 0 Å². The molecule has 0 atom stereocenters. The van der Waals surface area contributed by atoms with E-state index in [0.29, 0.717) is 5.56 Å². The van der Waals surface area contributed by atoms with Crippen molar-refractivity contribution in [3.8, 4) is 11.1 Å². The molecule has 2 aliphatic carbocycles. The van der Waals surface area contributed by atoms with Crippen molar-refractivity contribution in [2.75, 3.05) is 0 Å². The predicted octanol–water partition coefficient (Wildman–Crippen LogP) is 1.70. The van der Waals surface area contributed by atoms with Crippen molar-refractivity contribution in [2.45, 2.75) is 6.92 Å². The van der Waals surface area contributed by atoms with Crippen LogP contribution in [0.4, 0.5) is 0 Å². The summed E-state index contributed by atoms with van der Waals surface area (Å²) in [4.78, 5) is 11.5. The van der Waals surface area contributed by atoms with Crippen LogP contribution in [0.1, 0.15) is 15.9 Å². The molecule has 2 aliphatic rings. The van der Waals surface area contributed by atoms with Crippen molar-refractivity contribution < 1.29 is 4.79 Å². The predicted molar refractivity (Wildman–Crippen MR) is 59.5 cm³/mol. The van der Waals surface area contributed by atoms with Gasteiger partial charge in [-0.05, 0) is 29.7 Å². The third-order valence-corrected chi connectivity index (χ3v) is 2.49. The Morgan fingerprint density at radius 3 is 2.53 bits per heavy atom. The van der Waals surface area contributed by atoms with Gasteiger partial charge < -0.3 is 0 Å². The molecule has 3 N–H and O–H groups in total. The Hall–Kier alpha value is -1.87. The maximum atomic E-state index is 11.5. The molecule has 0 aromatic heterocycles. The quantitative estimate of drug-likeness (QED) is 0.418. The summed E-state index contributed by atoms with van der Waals surface area (Å²) < 4.78 is 0. The highest BCUT2D eigenvalue weighted by atomic mass is 16.2. The van der Waals surface area contributed by atoms with Crippen LogP contribution in [0.3, 0.4) is 0 Å². The molecule has 3 nitrogen and oxygen atoms in total. The number of carbonyl (C=O) groups excluding carboxylic acids is 1. The van der Waals surface area contributed by atoms with Gasteiger partial charge in [-0.25, -0.2) is 5.84 Å². The molecule has 0 aromatic carbocycles. The minimum atomic E-state index is -0.251. The van der Waals surface area contributed by atoms with Gasteiger partial charge in [0.1, 0.15) is 0 Å². The molecular formula is C12H12N2O. The SMILES string of the molecule is Cc1cc(C(=O)NN)c2cccccc1-2. The molecule has 0 aromatic rings. The largest absolute Gasteiger partial charge is 0.290 e. The van der Waals surface area contributed by atoms with E-state index in [2.05, 4.69) is 5.43 Å². The second-order valence-corrected chi connectivity index (χ2v) is 3.45. The van der Waals surface area contributed by atoms with Gasteiger partial charge >= 0.3 is 0 Å². The molecule has 0 unspecified atom stereocenters. The fraction of sp³-hybridized carbons (Fsp3) is 0.0833. The Morgan fingerprint density at radius 2 is 1.87 bits per heavy atom. The molecule has 0 saturated carbocycles. The maximum absolute atomic E-state index is 11.5. The summed E-state index contributed by atoms with van der Waals surface area (Å²) in [5.41, 5.74) is 5.88. The summed E-state index contributed by atoms with van der Waals surface area (Å²) in [6.45, 7) is 1.98. The van der Waals surface area contributed by atoms with Gasteiger partial charge in [0.2, 0.25) is 0 Å². The van der Waals surface area contributed by atoms with Crippen LogP contribution < -0.4 is 11.3 Å². The molecule has 0 heterocycles. The van der Waals surface area contributed by atoms with E-state index in [1.54, 1.807) is 0 Å². The van der Waals surface area contributed by atoms with Crippen LogP contribution in [-0.4, -0.2) is 5.91 Å². The molecule has 0 aliphatic heterocycles. The number of carbonyl (C=O) groups is 1. The molecule has 0 bridgehead atoms. The first-order valence-corrected chi connectivity index (χ1v) is 4.73. The molecule has 2 rings (SSSR count). The van der Waals surface area contributed by atoms with E-state index in [-0.39, 0.29) is 5.91 Å². The summed E-state index contributed by atoms with van der Waals surface area (Å²) in [6, 6.07) is 11.6. The highest BCUT2D eigenvalue weighted by Gasteiger charge is 2.16. The molecule has 3 heteroatoms. The molecule has 0 spiro atoms. The van der Waals surface area contributed by atoms with E-state index >= 15 is 0 Å². The molecule has 0 saturated heterocycles. The first-order chi connectivity index (χ1) is 7.24. The minimum Gasteiger partial charge on any atom is -0.290 e. The Balaban J connectivity index is 2.67. The van der Waals surface area contributed by atoms with Gasteiger partial charge in [-0.2, -0.15) is 0 Å². The van der Waals surface area contributed by atoms with E-state index in [9.17, 15) is 4.79 Å². The van der Waals surface area contributed by atoms with E-state index in [4.69, 9.17) is 5.84 Å². The molecule has 1 amide bonds. The Kier molecular flexibility index (Phi) is 2.39. The van der Waals surface area contributed by atoms with Gasteiger partial charge in [-0.1, -0.05) is 30.3 Å². The lowest BCUT2D eigenvalue weighted by Gasteiger charge is -1.99. The zero-order valence-electron chi connectivity index (χ0n) is 8.45. The number of nitrogens with two attached hydrogens (primary N) is 1. The van der Waals surface area contributed by atoms with Gasteiger partial charge in [0.15, 0.2) is 0 Å². The van der Waals surface area contributed by atoms with Crippen molar-refractivity contribution >= 4 is 5.91 Å². The number of fused-ring (bicyclic) bond motifs is 1. The van der Waals surface area contributed by atoms with Crippen LogP contribution in [0.2, 0.25) is 0 Å². The third kappa shape index (κ3) is 1.57. The second-order valence-electron chi connectivity index (χ2n) is 3.45. The normalized spacial score (nSPS) is 10.3. The van der Waals surface area contributed by atoms with Gasteiger partial charge in [-0.3, -0.25) is 10.2 Å². The summed E-state index contributed by atoms with van der Waals surface area (Å²) in [5.74, 6) is 4.89. The highest BCUT2D eigenvalue weighted by molar-refractivity contribution is 6.02. The zero-order valence-corrected chi connectivity index (χ0v) is 8.45. The smallest absolute Gasteiger partial charge is 0.265 e. The topological polar surface area (TPSA) is 55.1 Å². The summed E-state index contributed by atoms with van der Waals surface area (Å²) in [6.07, 6.45) is 0. The standard InChI is InChI=1S/C12H12N2O/c1-8-7-11(12(15)14-13)10-6-4-2-3-5-9(8)10/h2-7H,13H2,1H3,(H,14,15). The van der Waals surface area contributed by atoms with Crippen molar-refractivity contribution in [1.29, 1.82) is 0 Å².